The molecule has 194 valence electrons. The summed E-state index contributed by atoms with van der Waals surface area (Å²) in [6, 6.07) is 9.13. The molecule has 0 fully saturated rings. The summed E-state index contributed by atoms with van der Waals surface area (Å²) in [4.78, 5) is 60.2. The largest absolute Gasteiger partial charge is 0.493 e. The first-order chi connectivity index (χ1) is 17.6. The van der Waals surface area contributed by atoms with Gasteiger partial charge in [-0.15, -0.1) is 0 Å². The van der Waals surface area contributed by atoms with Crippen molar-refractivity contribution in [3.63, 3.8) is 0 Å². The van der Waals surface area contributed by atoms with Crippen LogP contribution in [0.25, 0.3) is 12.2 Å². The van der Waals surface area contributed by atoms with Gasteiger partial charge in [-0.1, -0.05) is 24.3 Å². The van der Waals surface area contributed by atoms with Crippen molar-refractivity contribution in [1.82, 2.24) is 0 Å². The number of benzene rings is 2. The fourth-order valence-electron chi connectivity index (χ4n) is 3.09. The van der Waals surface area contributed by atoms with E-state index in [1.165, 1.54) is 64.5 Å². The Hall–Kier alpha value is -4.73. The van der Waals surface area contributed by atoms with Gasteiger partial charge in [0.05, 0.1) is 21.3 Å². The molecule has 0 unspecified atom stereocenters. The van der Waals surface area contributed by atoms with Crippen molar-refractivity contribution in [2.75, 3.05) is 21.3 Å². The lowest BCUT2D eigenvalue weighted by Gasteiger charge is -2.10. The molecule has 0 saturated carbocycles. The lowest BCUT2D eigenvalue weighted by Crippen LogP contribution is -2.30. The van der Waals surface area contributed by atoms with Crippen LogP contribution in [-0.2, 0) is 28.7 Å². The van der Waals surface area contributed by atoms with Crippen molar-refractivity contribution in [2.45, 2.75) is 13.8 Å². The highest BCUT2D eigenvalue weighted by Crippen LogP contribution is 2.30. The molecule has 0 aliphatic heterocycles. The van der Waals surface area contributed by atoms with E-state index >= 15 is 0 Å². The van der Waals surface area contributed by atoms with E-state index < -0.39 is 35.4 Å². The highest BCUT2D eigenvalue weighted by Gasteiger charge is 2.31. The number of carbonyl (C=O) groups is 5. The highest BCUT2D eigenvalue weighted by atomic mass is 16.6. The molecule has 0 spiro atoms. The maximum atomic E-state index is 12.8. The molecule has 0 saturated heterocycles. The SMILES string of the molecule is COC(=O)C(C(=O)C=Cc1ccc(OC(C)=O)c(OC)c1)C(=O)C=Cc1ccc(OC(C)=O)c(OC)c1. The van der Waals surface area contributed by atoms with E-state index in [0.29, 0.717) is 11.1 Å². The van der Waals surface area contributed by atoms with E-state index in [-0.39, 0.29) is 23.0 Å². The Morgan fingerprint density at radius 3 is 1.38 bits per heavy atom. The Labute approximate surface area is 213 Å². The van der Waals surface area contributed by atoms with Crippen LogP contribution in [-0.4, -0.2) is 50.8 Å². The summed E-state index contributed by atoms with van der Waals surface area (Å²) >= 11 is 0. The third-order valence-corrected chi connectivity index (χ3v) is 4.77. The van der Waals surface area contributed by atoms with Gasteiger partial charge >= 0.3 is 17.9 Å². The molecule has 0 heterocycles. The molecular formula is C27H26O10. The summed E-state index contributed by atoms with van der Waals surface area (Å²) in [5.41, 5.74) is 0.986. The Balaban J connectivity index is 2.24. The molecule has 0 aliphatic rings. The van der Waals surface area contributed by atoms with Gasteiger partial charge in [0.25, 0.3) is 0 Å². The second-order valence-electron chi connectivity index (χ2n) is 7.44. The van der Waals surface area contributed by atoms with Crippen LogP contribution >= 0.6 is 0 Å². The topological polar surface area (TPSA) is 132 Å². The first kappa shape index (κ1) is 28.5. The van der Waals surface area contributed by atoms with Crippen LogP contribution in [0, 0.1) is 5.92 Å². The Morgan fingerprint density at radius 2 is 1.05 bits per heavy atom. The first-order valence-electron chi connectivity index (χ1n) is 10.8. The van der Waals surface area contributed by atoms with E-state index in [1.807, 2.05) is 0 Å². The molecule has 0 aliphatic carbocycles. The van der Waals surface area contributed by atoms with E-state index in [9.17, 15) is 24.0 Å². The van der Waals surface area contributed by atoms with Crippen LogP contribution in [0.2, 0.25) is 0 Å². The smallest absolute Gasteiger partial charge is 0.324 e. The molecule has 0 N–H and O–H groups in total. The number of hydrogen-bond acceptors (Lipinski definition) is 10. The third-order valence-electron chi connectivity index (χ3n) is 4.77. The average Bonchev–Trinajstić information content (AvgIpc) is 2.86. The first-order valence-corrected chi connectivity index (χ1v) is 10.8. The zero-order valence-electron chi connectivity index (χ0n) is 20.9. The van der Waals surface area contributed by atoms with E-state index in [2.05, 4.69) is 4.74 Å². The second kappa shape index (κ2) is 13.4. The molecule has 0 atom stereocenters. The van der Waals surface area contributed by atoms with Crippen LogP contribution in [0.15, 0.2) is 48.6 Å². The number of methoxy groups -OCH3 is 3. The van der Waals surface area contributed by atoms with Gasteiger partial charge in [-0.05, 0) is 47.5 Å². The molecule has 0 bridgehead atoms. The third kappa shape index (κ3) is 8.17. The maximum absolute atomic E-state index is 12.8. The lowest BCUT2D eigenvalue weighted by molar-refractivity contribution is -0.151. The quantitative estimate of drug-likeness (QED) is 0.192. The molecule has 37 heavy (non-hydrogen) atoms. The minimum Gasteiger partial charge on any atom is -0.493 e. The van der Waals surface area contributed by atoms with Gasteiger partial charge in [-0.2, -0.15) is 0 Å². The monoisotopic (exact) mass is 510 g/mol. The molecule has 10 heteroatoms. The minimum absolute atomic E-state index is 0.198. The zero-order chi connectivity index (χ0) is 27.5. The number of ether oxygens (including phenoxy) is 5. The number of carbonyl (C=O) groups excluding carboxylic acids is 5. The lowest BCUT2D eigenvalue weighted by atomic mass is 9.97. The summed E-state index contributed by atoms with van der Waals surface area (Å²) in [5.74, 6) is -4.48. The minimum atomic E-state index is -1.72. The van der Waals surface area contributed by atoms with Crippen molar-refractivity contribution >= 4 is 41.6 Å². The summed E-state index contributed by atoms with van der Waals surface area (Å²) < 4.78 is 25.1. The fraction of sp³-hybridized carbons (Fsp3) is 0.222. The number of ketones is 2. The van der Waals surface area contributed by atoms with Crippen LogP contribution in [0.4, 0.5) is 0 Å². The second-order valence-corrected chi connectivity index (χ2v) is 7.44. The van der Waals surface area contributed by atoms with Gasteiger partial charge in [-0.3, -0.25) is 24.0 Å². The molecular weight excluding hydrogens is 484 g/mol. The van der Waals surface area contributed by atoms with Gasteiger partial charge in [0.15, 0.2) is 40.5 Å². The van der Waals surface area contributed by atoms with E-state index in [4.69, 9.17) is 18.9 Å². The van der Waals surface area contributed by atoms with Crippen LogP contribution < -0.4 is 18.9 Å². The van der Waals surface area contributed by atoms with Crippen LogP contribution in [0.5, 0.6) is 23.0 Å². The number of hydrogen-bond donors (Lipinski definition) is 0. The van der Waals surface area contributed by atoms with Gasteiger partial charge in [-0.25, -0.2) is 0 Å². The molecule has 0 aromatic heterocycles. The van der Waals surface area contributed by atoms with Gasteiger partial charge in [0, 0.05) is 13.8 Å². The molecule has 2 rings (SSSR count). The summed E-state index contributed by atoms with van der Waals surface area (Å²) in [6.07, 6.45) is 4.91. The van der Waals surface area contributed by atoms with Crippen molar-refractivity contribution < 1.29 is 47.7 Å². The zero-order valence-corrected chi connectivity index (χ0v) is 20.9. The number of esters is 3. The Kier molecular flexibility index (Phi) is 10.3. The van der Waals surface area contributed by atoms with E-state index in [0.717, 1.165) is 19.3 Å². The normalized spacial score (nSPS) is 11.6. The van der Waals surface area contributed by atoms with Gasteiger partial charge < -0.3 is 23.7 Å². The Morgan fingerprint density at radius 1 is 0.649 bits per heavy atom. The van der Waals surface area contributed by atoms with Crippen LogP contribution in [0.3, 0.4) is 0 Å². The summed E-state index contributed by atoms with van der Waals surface area (Å²) in [5, 5.41) is 0. The molecule has 10 nitrogen and oxygen atoms in total. The van der Waals surface area contributed by atoms with Crippen molar-refractivity contribution in [3.8, 4) is 23.0 Å². The molecule has 0 radical (unpaired) electrons. The molecule has 2 aromatic rings. The molecule has 2 aromatic carbocycles. The Bertz CT molecular complexity index is 1170. The molecule has 0 amide bonds. The van der Waals surface area contributed by atoms with Crippen molar-refractivity contribution in [1.29, 1.82) is 0 Å². The predicted octanol–water partition coefficient (Wildman–Crippen LogP) is 3.21. The van der Waals surface area contributed by atoms with Gasteiger partial charge in [0.2, 0.25) is 0 Å². The standard InChI is InChI=1S/C27H26O10/c1-16(28)36-22-12-8-18(14-24(22)33-3)6-10-20(30)26(27(32)35-5)21(31)11-7-19-9-13-23(37-17(2)29)25(15-19)34-4/h6-15,26H,1-5H3. The highest BCUT2D eigenvalue weighted by molar-refractivity contribution is 6.24. The van der Waals surface area contributed by atoms with Crippen molar-refractivity contribution in [3.05, 3.63) is 59.7 Å². The van der Waals surface area contributed by atoms with Crippen molar-refractivity contribution in [2.24, 2.45) is 5.92 Å². The van der Waals surface area contributed by atoms with Crippen LogP contribution in [0.1, 0.15) is 25.0 Å². The number of rotatable bonds is 11. The van der Waals surface area contributed by atoms with E-state index in [1.54, 1.807) is 12.1 Å². The maximum Gasteiger partial charge on any atom is 0.324 e. The van der Waals surface area contributed by atoms with Gasteiger partial charge in [0.1, 0.15) is 0 Å². The summed E-state index contributed by atoms with van der Waals surface area (Å²) in [6.45, 7) is 2.50. The predicted molar refractivity (Wildman–Crippen MR) is 132 cm³/mol. The average molecular weight is 510 g/mol. The number of allylic oxidation sites excluding steroid dienone is 2. The fourth-order valence-corrected chi connectivity index (χ4v) is 3.09. The summed E-state index contributed by atoms with van der Waals surface area (Å²) in [7, 11) is 3.85.